The number of carbonyl (C=O) groups is 1. The molecule has 0 heterocycles. The van der Waals surface area contributed by atoms with Gasteiger partial charge < -0.3 is 5.32 Å². The van der Waals surface area contributed by atoms with Crippen LogP contribution in [-0.2, 0) is 0 Å². The maximum Gasteiger partial charge on any atom is 0.251 e. The Bertz CT molecular complexity index is 507. The van der Waals surface area contributed by atoms with E-state index in [0.29, 0.717) is 5.56 Å². The summed E-state index contributed by atoms with van der Waals surface area (Å²) in [6.07, 6.45) is 1.98. The molecular formula is C17H19NO. The van der Waals surface area contributed by atoms with Crippen LogP contribution in [0.3, 0.4) is 0 Å². The number of nitrogens with one attached hydrogen (secondary N) is 1. The van der Waals surface area contributed by atoms with Crippen molar-refractivity contribution in [3.05, 3.63) is 71.8 Å². The maximum absolute atomic E-state index is 12.2. The van der Waals surface area contributed by atoms with Gasteiger partial charge in [0.05, 0.1) is 6.04 Å². The molecule has 0 aliphatic carbocycles. The van der Waals surface area contributed by atoms with Gasteiger partial charge in [0.15, 0.2) is 0 Å². The lowest BCUT2D eigenvalue weighted by molar-refractivity contribution is 0.0934. The summed E-state index contributed by atoms with van der Waals surface area (Å²) in [5, 5.41) is 3.11. The van der Waals surface area contributed by atoms with Crippen LogP contribution in [0.5, 0.6) is 0 Å². The third-order valence-corrected chi connectivity index (χ3v) is 3.12. The summed E-state index contributed by atoms with van der Waals surface area (Å²) < 4.78 is 0. The monoisotopic (exact) mass is 253 g/mol. The third-order valence-electron chi connectivity index (χ3n) is 3.12. The minimum absolute atomic E-state index is 0.0112. The number of hydrogen-bond acceptors (Lipinski definition) is 1. The van der Waals surface area contributed by atoms with E-state index in [9.17, 15) is 4.79 Å². The summed E-state index contributed by atoms with van der Waals surface area (Å²) in [7, 11) is 0. The minimum Gasteiger partial charge on any atom is -0.345 e. The Kier molecular flexibility index (Phi) is 4.73. The Morgan fingerprint density at radius 1 is 1.00 bits per heavy atom. The van der Waals surface area contributed by atoms with E-state index in [1.807, 2.05) is 48.5 Å². The molecule has 0 fully saturated rings. The van der Waals surface area contributed by atoms with Crippen LogP contribution in [0.15, 0.2) is 60.7 Å². The fourth-order valence-corrected chi connectivity index (χ4v) is 2.13. The third kappa shape index (κ3) is 3.68. The topological polar surface area (TPSA) is 29.1 Å². The van der Waals surface area contributed by atoms with Crippen molar-refractivity contribution in [1.82, 2.24) is 5.32 Å². The lowest BCUT2D eigenvalue weighted by Crippen LogP contribution is -2.28. The maximum atomic E-state index is 12.2. The van der Waals surface area contributed by atoms with Gasteiger partial charge in [0.25, 0.3) is 5.91 Å². The number of carbonyl (C=O) groups excluding carboxylic acids is 1. The van der Waals surface area contributed by atoms with Crippen molar-refractivity contribution in [3.8, 4) is 0 Å². The molecule has 0 saturated heterocycles. The van der Waals surface area contributed by atoms with Gasteiger partial charge in [0.2, 0.25) is 0 Å². The number of benzene rings is 2. The molecule has 1 unspecified atom stereocenters. The van der Waals surface area contributed by atoms with Crippen LogP contribution < -0.4 is 5.32 Å². The zero-order valence-electron chi connectivity index (χ0n) is 11.2. The summed E-state index contributed by atoms with van der Waals surface area (Å²) >= 11 is 0. The first-order chi connectivity index (χ1) is 9.31. The predicted octanol–water partition coefficient (Wildman–Crippen LogP) is 3.96. The highest BCUT2D eigenvalue weighted by Gasteiger charge is 2.14. The van der Waals surface area contributed by atoms with Gasteiger partial charge in [-0.05, 0) is 24.1 Å². The van der Waals surface area contributed by atoms with Crippen LogP contribution in [0.2, 0.25) is 0 Å². The fourth-order valence-electron chi connectivity index (χ4n) is 2.13. The van der Waals surface area contributed by atoms with Gasteiger partial charge in [-0.25, -0.2) is 0 Å². The SMILES string of the molecule is CCCC(NC(=O)c1ccccc1)c1ccccc1. The number of amides is 1. The second-order valence-electron chi connectivity index (χ2n) is 4.59. The highest BCUT2D eigenvalue weighted by molar-refractivity contribution is 5.94. The van der Waals surface area contributed by atoms with Crippen LogP contribution in [-0.4, -0.2) is 5.91 Å². The van der Waals surface area contributed by atoms with Gasteiger partial charge in [-0.1, -0.05) is 61.9 Å². The average molecular weight is 253 g/mol. The van der Waals surface area contributed by atoms with E-state index in [2.05, 4.69) is 24.4 Å². The van der Waals surface area contributed by atoms with Gasteiger partial charge in [-0.15, -0.1) is 0 Å². The lowest BCUT2D eigenvalue weighted by atomic mass is 10.0. The quantitative estimate of drug-likeness (QED) is 0.858. The largest absolute Gasteiger partial charge is 0.345 e. The zero-order valence-corrected chi connectivity index (χ0v) is 11.2. The first-order valence-electron chi connectivity index (χ1n) is 6.72. The van der Waals surface area contributed by atoms with E-state index in [1.165, 1.54) is 0 Å². The van der Waals surface area contributed by atoms with Gasteiger partial charge in [0, 0.05) is 5.56 Å². The van der Waals surface area contributed by atoms with Crippen molar-refractivity contribution in [1.29, 1.82) is 0 Å². The fraction of sp³-hybridized carbons (Fsp3) is 0.235. The molecule has 0 aromatic heterocycles. The van der Waals surface area contributed by atoms with E-state index in [-0.39, 0.29) is 11.9 Å². The Labute approximate surface area is 114 Å². The second-order valence-corrected chi connectivity index (χ2v) is 4.59. The summed E-state index contributed by atoms with van der Waals surface area (Å²) in [5.74, 6) is -0.0112. The molecule has 0 aliphatic heterocycles. The highest BCUT2D eigenvalue weighted by atomic mass is 16.1. The Balaban J connectivity index is 2.11. The smallest absolute Gasteiger partial charge is 0.251 e. The molecule has 19 heavy (non-hydrogen) atoms. The summed E-state index contributed by atoms with van der Waals surface area (Å²) in [6, 6.07) is 19.6. The van der Waals surface area contributed by atoms with E-state index >= 15 is 0 Å². The Morgan fingerprint density at radius 3 is 2.16 bits per heavy atom. The molecule has 0 radical (unpaired) electrons. The number of hydrogen-bond donors (Lipinski definition) is 1. The van der Waals surface area contributed by atoms with Crippen molar-refractivity contribution >= 4 is 5.91 Å². The van der Waals surface area contributed by atoms with E-state index in [0.717, 1.165) is 18.4 Å². The normalized spacial score (nSPS) is 11.8. The van der Waals surface area contributed by atoms with E-state index < -0.39 is 0 Å². The summed E-state index contributed by atoms with van der Waals surface area (Å²) in [6.45, 7) is 2.13. The molecule has 0 saturated carbocycles. The minimum atomic E-state index is -0.0112. The molecule has 0 aliphatic rings. The highest BCUT2D eigenvalue weighted by Crippen LogP contribution is 2.18. The molecule has 2 aromatic rings. The van der Waals surface area contributed by atoms with Crippen molar-refractivity contribution < 1.29 is 4.79 Å². The van der Waals surface area contributed by atoms with Crippen molar-refractivity contribution in [2.24, 2.45) is 0 Å². The van der Waals surface area contributed by atoms with Crippen molar-refractivity contribution in [2.75, 3.05) is 0 Å². The molecular weight excluding hydrogens is 234 g/mol. The van der Waals surface area contributed by atoms with Crippen LogP contribution in [0, 0.1) is 0 Å². The van der Waals surface area contributed by atoms with Gasteiger partial charge in [-0.2, -0.15) is 0 Å². The van der Waals surface area contributed by atoms with Crippen LogP contribution in [0.4, 0.5) is 0 Å². The van der Waals surface area contributed by atoms with Crippen LogP contribution in [0.1, 0.15) is 41.7 Å². The molecule has 1 amide bonds. The first-order valence-corrected chi connectivity index (χ1v) is 6.72. The molecule has 98 valence electrons. The standard InChI is InChI=1S/C17H19NO/c1-2-9-16(14-10-5-3-6-11-14)18-17(19)15-12-7-4-8-13-15/h3-8,10-13,16H,2,9H2,1H3,(H,18,19). The molecule has 1 atom stereocenters. The molecule has 2 aromatic carbocycles. The molecule has 0 spiro atoms. The molecule has 0 bridgehead atoms. The lowest BCUT2D eigenvalue weighted by Gasteiger charge is -2.18. The summed E-state index contributed by atoms with van der Waals surface area (Å²) in [5.41, 5.74) is 1.87. The molecule has 2 nitrogen and oxygen atoms in total. The zero-order chi connectivity index (χ0) is 13.5. The molecule has 1 N–H and O–H groups in total. The van der Waals surface area contributed by atoms with Crippen molar-refractivity contribution in [3.63, 3.8) is 0 Å². The molecule has 2 rings (SSSR count). The van der Waals surface area contributed by atoms with Gasteiger partial charge >= 0.3 is 0 Å². The Hall–Kier alpha value is -2.09. The van der Waals surface area contributed by atoms with Crippen LogP contribution >= 0.6 is 0 Å². The predicted molar refractivity (Wildman–Crippen MR) is 78.0 cm³/mol. The number of rotatable bonds is 5. The van der Waals surface area contributed by atoms with E-state index in [4.69, 9.17) is 0 Å². The first kappa shape index (κ1) is 13.3. The average Bonchev–Trinajstić information content (AvgIpc) is 2.48. The second kappa shape index (κ2) is 6.74. The van der Waals surface area contributed by atoms with Gasteiger partial charge in [-0.3, -0.25) is 4.79 Å². The van der Waals surface area contributed by atoms with Crippen molar-refractivity contribution in [2.45, 2.75) is 25.8 Å². The van der Waals surface area contributed by atoms with E-state index in [1.54, 1.807) is 0 Å². The van der Waals surface area contributed by atoms with Gasteiger partial charge in [0.1, 0.15) is 0 Å². The molecule has 2 heteroatoms. The van der Waals surface area contributed by atoms with Crippen LogP contribution in [0.25, 0.3) is 0 Å². The summed E-state index contributed by atoms with van der Waals surface area (Å²) in [4.78, 5) is 12.2. The Morgan fingerprint density at radius 2 is 1.58 bits per heavy atom.